The molecule has 1 heterocycles. The number of aromatic nitrogens is 2. The number of nitrogens with zero attached hydrogens (tertiary/aromatic N) is 2. The maximum atomic E-state index is 12.4. The first-order valence-corrected chi connectivity index (χ1v) is 5.29. The van der Waals surface area contributed by atoms with E-state index in [9.17, 15) is 13.2 Å². The minimum absolute atomic E-state index is 0.0307. The number of carbonyl (C=O) groups is 1. The van der Waals surface area contributed by atoms with Crippen molar-refractivity contribution in [2.24, 2.45) is 0 Å². The molecule has 4 nitrogen and oxygen atoms in total. The van der Waals surface area contributed by atoms with Gasteiger partial charge in [0.15, 0.2) is 10.4 Å². The lowest BCUT2D eigenvalue weighted by Crippen LogP contribution is -2.17. The summed E-state index contributed by atoms with van der Waals surface area (Å²) in [6, 6.07) is 0. The summed E-state index contributed by atoms with van der Waals surface area (Å²) in [4.78, 5) is 15.7. The van der Waals surface area contributed by atoms with Crippen molar-refractivity contribution in [3.8, 4) is 0 Å². The molecule has 1 N–H and O–H groups in total. The number of hydrogen-bond donors (Lipinski definition) is 1. The van der Waals surface area contributed by atoms with Gasteiger partial charge < -0.3 is 10.1 Å². The van der Waals surface area contributed by atoms with Crippen molar-refractivity contribution in [3.05, 3.63) is 22.2 Å². The maximum absolute atomic E-state index is 12.4. The zero-order chi connectivity index (χ0) is 13.5. The highest BCUT2D eigenvalue weighted by Crippen LogP contribution is 2.30. The smallest absolute Gasteiger partial charge is 0.316 e. The standard InChI is InChI=1S/C7H7BrF3N3.C2H4O/c1-12-2-4-3-13-6(8)14-5(4)7(9,10)11;1-2-3/h3,12H,2H2,1H3;2H,1H3. The van der Waals surface area contributed by atoms with Crippen LogP contribution in [0.1, 0.15) is 18.2 Å². The summed E-state index contributed by atoms with van der Waals surface area (Å²) in [5.41, 5.74) is -0.878. The molecule has 8 heteroatoms. The van der Waals surface area contributed by atoms with E-state index in [2.05, 4.69) is 31.2 Å². The fourth-order valence-corrected chi connectivity index (χ4v) is 1.23. The largest absolute Gasteiger partial charge is 0.433 e. The molecule has 96 valence electrons. The zero-order valence-electron chi connectivity index (χ0n) is 9.18. The lowest BCUT2D eigenvalue weighted by Gasteiger charge is -2.10. The number of alkyl halides is 3. The molecule has 1 aromatic heterocycles. The first-order chi connectivity index (χ1) is 7.86. The minimum Gasteiger partial charge on any atom is -0.316 e. The molecule has 0 unspecified atom stereocenters. The molecule has 0 saturated carbocycles. The molecule has 0 bridgehead atoms. The van der Waals surface area contributed by atoms with E-state index in [4.69, 9.17) is 4.79 Å². The highest BCUT2D eigenvalue weighted by molar-refractivity contribution is 9.10. The molecule has 0 aliphatic heterocycles. The van der Waals surface area contributed by atoms with Crippen LogP contribution in [0.2, 0.25) is 0 Å². The van der Waals surface area contributed by atoms with E-state index in [1.54, 1.807) is 7.05 Å². The van der Waals surface area contributed by atoms with Gasteiger partial charge in [0.25, 0.3) is 0 Å². The molecular weight excluding hydrogens is 303 g/mol. The monoisotopic (exact) mass is 313 g/mol. The summed E-state index contributed by atoms with van der Waals surface area (Å²) in [6.07, 6.45) is -2.55. The van der Waals surface area contributed by atoms with E-state index in [0.29, 0.717) is 0 Å². The fraction of sp³-hybridized carbons (Fsp3) is 0.444. The van der Waals surface area contributed by atoms with E-state index in [1.165, 1.54) is 6.92 Å². The Hall–Kier alpha value is -1.02. The van der Waals surface area contributed by atoms with Crippen LogP contribution in [-0.4, -0.2) is 23.3 Å². The molecule has 0 atom stereocenters. The van der Waals surface area contributed by atoms with Crippen LogP contribution >= 0.6 is 15.9 Å². The van der Waals surface area contributed by atoms with Crippen LogP contribution in [-0.2, 0) is 17.5 Å². The summed E-state index contributed by atoms with van der Waals surface area (Å²) >= 11 is 2.80. The topological polar surface area (TPSA) is 54.9 Å². The van der Waals surface area contributed by atoms with Crippen LogP contribution in [0.5, 0.6) is 0 Å². The number of nitrogens with one attached hydrogen (secondary N) is 1. The third kappa shape index (κ3) is 5.73. The SMILES string of the molecule is CC=O.CNCc1cnc(Br)nc1C(F)(F)F. The van der Waals surface area contributed by atoms with E-state index >= 15 is 0 Å². The van der Waals surface area contributed by atoms with Crippen molar-refractivity contribution >= 4 is 22.2 Å². The van der Waals surface area contributed by atoms with Gasteiger partial charge >= 0.3 is 6.18 Å². The number of halogens is 4. The molecule has 0 aliphatic rings. The molecule has 1 aromatic rings. The predicted molar refractivity (Wildman–Crippen MR) is 59.2 cm³/mol. The summed E-state index contributed by atoms with van der Waals surface area (Å²) < 4.78 is 37.2. The van der Waals surface area contributed by atoms with Crippen LogP contribution in [0, 0.1) is 0 Å². The lowest BCUT2D eigenvalue weighted by atomic mass is 10.2. The number of rotatable bonds is 2. The van der Waals surface area contributed by atoms with Crippen molar-refractivity contribution in [2.45, 2.75) is 19.6 Å². The fourth-order valence-electron chi connectivity index (χ4n) is 0.951. The van der Waals surface area contributed by atoms with Crippen LogP contribution in [0.3, 0.4) is 0 Å². The Bertz CT molecular complexity index is 371. The Morgan fingerprint density at radius 1 is 1.53 bits per heavy atom. The summed E-state index contributed by atoms with van der Waals surface area (Å²) in [5, 5.41) is 2.62. The predicted octanol–water partition coefficient (Wildman–Crippen LogP) is 2.18. The van der Waals surface area contributed by atoms with Gasteiger partial charge in [-0.2, -0.15) is 13.2 Å². The van der Waals surface area contributed by atoms with Crippen LogP contribution in [0.25, 0.3) is 0 Å². The van der Waals surface area contributed by atoms with Crippen LogP contribution in [0.4, 0.5) is 13.2 Å². The third-order valence-electron chi connectivity index (χ3n) is 1.47. The first kappa shape index (κ1) is 16.0. The summed E-state index contributed by atoms with van der Waals surface area (Å²) in [6.45, 7) is 1.53. The second-order valence-corrected chi connectivity index (χ2v) is 3.49. The Labute approximate surface area is 105 Å². The summed E-state index contributed by atoms with van der Waals surface area (Å²) in [7, 11) is 1.56. The van der Waals surface area contributed by atoms with E-state index in [1.807, 2.05) is 0 Å². The molecule has 0 saturated heterocycles. The van der Waals surface area contributed by atoms with Gasteiger partial charge in [-0.05, 0) is 29.9 Å². The van der Waals surface area contributed by atoms with Gasteiger partial charge in [-0.3, -0.25) is 0 Å². The third-order valence-corrected chi connectivity index (χ3v) is 1.85. The second kappa shape index (κ2) is 7.33. The van der Waals surface area contributed by atoms with Gasteiger partial charge in [0, 0.05) is 18.3 Å². The number of carbonyl (C=O) groups excluding carboxylic acids is 1. The number of aldehydes is 1. The zero-order valence-corrected chi connectivity index (χ0v) is 10.8. The maximum Gasteiger partial charge on any atom is 0.433 e. The van der Waals surface area contributed by atoms with Crippen molar-refractivity contribution < 1.29 is 18.0 Å². The normalized spacial score (nSPS) is 10.5. The van der Waals surface area contributed by atoms with Crippen molar-refractivity contribution in [2.75, 3.05) is 7.05 Å². The van der Waals surface area contributed by atoms with Gasteiger partial charge in [0.1, 0.15) is 6.29 Å². The molecule has 17 heavy (non-hydrogen) atoms. The van der Waals surface area contributed by atoms with Gasteiger partial charge in [-0.25, -0.2) is 9.97 Å². The van der Waals surface area contributed by atoms with E-state index < -0.39 is 11.9 Å². The Morgan fingerprint density at radius 3 is 2.47 bits per heavy atom. The molecule has 0 amide bonds. The van der Waals surface area contributed by atoms with Crippen molar-refractivity contribution in [1.82, 2.24) is 15.3 Å². The van der Waals surface area contributed by atoms with Crippen molar-refractivity contribution in [1.29, 1.82) is 0 Å². The minimum atomic E-state index is -4.45. The molecule has 0 aromatic carbocycles. The molecule has 0 aliphatic carbocycles. The Morgan fingerprint density at radius 2 is 2.06 bits per heavy atom. The Kier molecular flexibility index (Phi) is 6.89. The lowest BCUT2D eigenvalue weighted by molar-refractivity contribution is -0.142. The highest BCUT2D eigenvalue weighted by Gasteiger charge is 2.35. The van der Waals surface area contributed by atoms with E-state index in [-0.39, 0.29) is 16.8 Å². The van der Waals surface area contributed by atoms with Crippen molar-refractivity contribution in [3.63, 3.8) is 0 Å². The molecule has 1 rings (SSSR count). The molecule has 0 fully saturated rings. The van der Waals surface area contributed by atoms with Gasteiger partial charge in [-0.1, -0.05) is 0 Å². The quantitative estimate of drug-likeness (QED) is 0.671. The Balaban J connectivity index is 0.000000770. The average molecular weight is 314 g/mol. The van der Waals surface area contributed by atoms with Gasteiger partial charge in [-0.15, -0.1) is 0 Å². The van der Waals surface area contributed by atoms with E-state index in [0.717, 1.165) is 12.5 Å². The average Bonchev–Trinajstić information content (AvgIpc) is 2.21. The van der Waals surface area contributed by atoms with Crippen LogP contribution in [0.15, 0.2) is 10.9 Å². The molecule has 0 radical (unpaired) electrons. The van der Waals surface area contributed by atoms with Gasteiger partial charge in [0.2, 0.25) is 0 Å². The second-order valence-electron chi connectivity index (χ2n) is 2.78. The highest BCUT2D eigenvalue weighted by atomic mass is 79.9. The number of hydrogen-bond acceptors (Lipinski definition) is 4. The first-order valence-electron chi connectivity index (χ1n) is 4.49. The van der Waals surface area contributed by atoms with Crippen LogP contribution < -0.4 is 5.32 Å². The molecular formula is C9H11BrF3N3O. The summed E-state index contributed by atoms with van der Waals surface area (Å²) in [5.74, 6) is 0. The van der Waals surface area contributed by atoms with Gasteiger partial charge in [0.05, 0.1) is 0 Å². The molecule has 0 spiro atoms.